The van der Waals surface area contributed by atoms with Crippen LogP contribution in [-0.4, -0.2) is 34.6 Å². The Morgan fingerprint density at radius 2 is 2.10 bits per heavy atom. The van der Waals surface area contributed by atoms with Gasteiger partial charge in [0.2, 0.25) is 0 Å². The monoisotopic (exact) mass is 294 g/mol. The third kappa shape index (κ3) is 3.78. The Morgan fingerprint density at radius 3 is 2.80 bits per heavy atom. The molecule has 0 saturated heterocycles. The highest BCUT2D eigenvalue weighted by Crippen LogP contribution is 2.30. The van der Waals surface area contributed by atoms with Gasteiger partial charge in [-0.2, -0.15) is 11.8 Å². The van der Waals surface area contributed by atoms with Crippen LogP contribution < -0.4 is 10.6 Å². The molecular weight excluding hydrogens is 268 g/mol. The predicted octanol–water partition coefficient (Wildman–Crippen LogP) is 3.56. The molecule has 1 aliphatic carbocycles. The third-order valence-electron chi connectivity index (χ3n) is 3.98. The molecular formula is C15H26N4S. The van der Waals surface area contributed by atoms with Gasteiger partial charge in [0.1, 0.15) is 18.0 Å². The van der Waals surface area contributed by atoms with Gasteiger partial charge in [-0.05, 0) is 31.9 Å². The van der Waals surface area contributed by atoms with E-state index in [0.29, 0.717) is 6.04 Å². The number of rotatable bonds is 6. The third-order valence-corrected chi connectivity index (χ3v) is 5.08. The Kier molecular flexibility index (Phi) is 5.95. The van der Waals surface area contributed by atoms with E-state index in [-0.39, 0.29) is 0 Å². The second kappa shape index (κ2) is 7.72. The molecule has 0 spiro atoms. The Morgan fingerprint density at radius 1 is 1.30 bits per heavy atom. The molecule has 2 rings (SSSR count). The number of anilines is 2. The molecule has 1 aliphatic rings. The van der Waals surface area contributed by atoms with Crippen molar-refractivity contribution in [1.29, 1.82) is 0 Å². The second-order valence-electron chi connectivity index (χ2n) is 5.42. The van der Waals surface area contributed by atoms with Gasteiger partial charge < -0.3 is 10.6 Å². The summed E-state index contributed by atoms with van der Waals surface area (Å²) in [6.45, 7) is 2.20. The molecule has 0 aliphatic heterocycles. The van der Waals surface area contributed by atoms with E-state index in [4.69, 9.17) is 0 Å². The van der Waals surface area contributed by atoms with Crippen molar-refractivity contribution in [3.63, 3.8) is 0 Å². The van der Waals surface area contributed by atoms with Gasteiger partial charge in [-0.1, -0.05) is 19.8 Å². The first-order chi connectivity index (χ1) is 9.78. The van der Waals surface area contributed by atoms with Crippen molar-refractivity contribution < 1.29 is 0 Å². The zero-order valence-corrected chi connectivity index (χ0v) is 13.6. The maximum atomic E-state index is 4.48. The summed E-state index contributed by atoms with van der Waals surface area (Å²) >= 11 is 2.00. The summed E-state index contributed by atoms with van der Waals surface area (Å²) in [5, 5.41) is 7.64. The lowest BCUT2D eigenvalue weighted by atomic mass is 9.94. The topological polar surface area (TPSA) is 49.8 Å². The van der Waals surface area contributed by atoms with Crippen molar-refractivity contribution in [2.75, 3.05) is 23.9 Å². The average Bonchev–Trinajstić information content (AvgIpc) is 2.49. The van der Waals surface area contributed by atoms with Gasteiger partial charge in [0.05, 0.1) is 0 Å². The van der Waals surface area contributed by atoms with Crippen molar-refractivity contribution in [3.05, 3.63) is 11.9 Å². The normalized spacial score (nSPS) is 22.6. The predicted molar refractivity (Wildman–Crippen MR) is 88.8 cm³/mol. The van der Waals surface area contributed by atoms with Crippen molar-refractivity contribution in [2.24, 2.45) is 0 Å². The highest BCUT2D eigenvalue weighted by molar-refractivity contribution is 7.99. The molecule has 0 radical (unpaired) electrons. The van der Waals surface area contributed by atoms with E-state index in [2.05, 4.69) is 33.8 Å². The van der Waals surface area contributed by atoms with Crippen molar-refractivity contribution >= 4 is 23.4 Å². The fraction of sp³-hybridized carbons (Fsp3) is 0.733. The first kappa shape index (κ1) is 15.4. The second-order valence-corrected chi connectivity index (χ2v) is 6.55. The Bertz CT molecular complexity index is 424. The first-order valence-corrected chi connectivity index (χ1v) is 8.88. The van der Waals surface area contributed by atoms with E-state index in [1.807, 2.05) is 18.8 Å². The zero-order valence-electron chi connectivity index (χ0n) is 12.8. The summed E-state index contributed by atoms with van der Waals surface area (Å²) in [6, 6.07) is 0.552. The van der Waals surface area contributed by atoms with Crippen molar-refractivity contribution in [1.82, 2.24) is 9.97 Å². The van der Waals surface area contributed by atoms with Gasteiger partial charge in [0, 0.05) is 23.9 Å². The average molecular weight is 294 g/mol. The highest BCUT2D eigenvalue weighted by Gasteiger charge is 2.22. The van der Waals surface area contributed by atoms with Crippen LogP contribution in [0.3, 0.4) is 0 Å². The Balaban J connectivity index is 2.11. The molecule has 1 heterocycles. The van der Waals surface area contributed by atoms with Crippen molar-refractivity contribution in [2.45, 2.75) is 56.7 Å². The van der Waals surface area contributed by atoms with Crippen LogP contribution in [0.1, 0.15) is 44.6 Å². The Labute approximate surface area is 126 Å². The fourth-order valence-corrected chi connectivity index (χ4v) is 3.75. The van der Waals surface area contributed by atoms with Crippen LogP contribution in [0.5, 0.6) is 0 Å². The van der Waals surface area contributed by atoms with Crippen LogP contribution in [0.25, 0.3) is 0 Å². The molecule has 4 nitrogen and oxygen atoms in total. The highest BCUT2D eigenvalue weighted by atomic mass is 32.2. The minimum atomic E-state index is 0.552. The zero-order chi connectivity index (χ0) is 14.4. The molecule has 2 N–H and O–H groups in total. The van der Waals surface area contributed by atoms with E-state index >= 15 is 0 Å². The summed E-state index contributed by atoms with van der Waals surface area (Å²) in [5.74, 6) is 1.99. The molecule has 112 valence electrons. The van der Waals surface area contributed by atoms with Crippen molar-refractivity contribution in [3.8, 4) is 0 Å². The molecule has 1 aromatic rings. The van der Waals surface area contributed by atoms with Crippen LogP contribution in [0.15, 0.2) is 6.33 Å². The van der Waals surface area contributed by atoms with E-state index in [0.717, 1.165) is 29.7 Å². The van der Waals surface area contributed by atoms with Crippen LogP contribution in [0.2, 0.25) is 0 Å². The maximum Gasteiger partial charge on any atom is 0.134 e. The molecule has 1 saturated carbocycles. The smallest absolute Gasteiger partial charge is 0.134 e. The van der Waals surface area contributed by atoms with Gasteiger partial charge in [-0.3, -0.25) is 0 Å². The SMILES string of the molecule is CCCc1c(NC)ncnc1NC1CCCC(SC)C1. The molecule has 2 atom stereocenters. The maximum absolute atomic E-state index is 4.48. The number of hydrogen-bond acceptors (Lipinski definition) is 5. The number of hydrogen-bond donors (Lipinski definition) is 2. The molecule has 0 amide bonds. The van der Waals surface area contributed by atoms with Crippen LogP contribution >= 0.6 is 11.8 Å². The van der Waals surface area contributed by atoms with Gasteiger partial charge in [-0.15, -0.1) is 0 Å². The molecule has 1 fully saturated rings. The van der Waals surface area contributed by atoms with E-state index < -0.39 is 0 Å². The summed E-state index contributed by atoms with van der Waals surface area (Å²) < 4.78 is 0. The minimum Gasteiger partial charge on any atom is -0.373 e. The van der Waals surface area contributed by atoms with E-state index in [1.165, 1.54) is 31.2 Å². The lowest BCUT2D eigenvalue weighted by Gasteiger charge is -2.29. The fourth-order valence-electron chi connectivity index (χ4n) is 2.92. The quantitative estimate of drug-likeness (QED) is 0.840. The lowest BCUT2D eigenvalue weighted by molar-refractivity contribution is 0.472. The molecule has 2 unspecified atom stereocenters. The van der Waals surface area contributed by atoms with Gasteiger partial charge in [0.25, 0.3) is 0 Å². The Hall–Kier alpha value is -0.970. The van der Waals surface area contributed by atoms with Crippen LogP contribution in [-0.2, 0) is 6.42 Å². The van der Waals surface area contributed by atoms with E-state index in [9.17, 15) is 0 Å². The molecule has 0 bridgehead atoms. The largest absolute Gasteiger partial charge is 0.373 e. The summed E-state index contributed by atoms with van der Waals surface area (Å²) in [6.07, 6.45) is 11.2. The van der Waals surface area contributed by atoms with Crippen LogP contribution in [0.4, 0.5) is 11.6 Å². The molecule has 20 heavy (non-hydrogen) atoms. The molecule has 1 aromatic heterocycles. The summed E-state index contributed by atoms with van der Waals surface area (Å²) in [5.41, 5.74) is 1.23. The molecule has 0 aromatic carbocycles. The van der Waals surface area contributed by atoms with Gasteiger partial charge in [0.15, 0.2) is 0 Å². The summed E-state index contributed by atoms with van der Waals surface area (Å²) in [4.78, 5) is 8.82. The number of aromatic nitrogens is 2. The first-order valence-electron chi connectivity index (χ1n) is 7.59. The standard InChI is InChI=1S/C15H26N4S/c1-4-6-13-14(16-2)17-10-18-15(13)19-11-7-5-8-12(9-11)20-3/h10-12H,4-9H2,1-3H3,(H2,16,17,18,19). The number of nitrogens with zero attached hydrogens (tertiary/aromatic N) is 2. The van der Waals surface area contributed by atoms with Gasteiger partial charge >= 0.3 is 0 Å². The molecule has 5 heteroatoms. The lowest BCUT2D eigenvalue weighted by Crippen LogP contribution is -2.29. The van der Waals surface area contributed by atoms with Gasteiger partial charge in [-0.25, -0.2) is 9.97 Å². The van der Waals surface area contributed by atoms with E-state index in [1.54, 1.807) is 6.33 Å². The number of nitrogens with one attached hydrogen (secondary N) is 2. The number of thioether (sulfide) groups is 1. The summed E-state index contributed by atoms with van der Waals surface area (Å²) in [7, 11) is 1.93. The minimum absolute atomic E-state index is 0.552. The van der Waals surface area contributed by atoms with Crippen LogP contribution in [0, 0.1) is 0 Å².